The summed E-state index contributed by atoms with van der Waals surface area (Å²) >= 11 is 4.66. The molecule has 0 fully saturated rings. The Balaban J connectivity index is 0.000000640. The van der Waals surface area contributed by atoms with E-state index in [0.29, 0.717) is 0 Å². The predicted octanol–water partition coefficient (Wildman–Crippen LogP) is 2.22. The molecule has 1 rings (SSSR count). The number of nitrogens with two attached hydrogens (primary N) is 1. The highest BCUT2D eigenvalue weighted by molar-refractivity contribution is 9.11. The minimum Gasteiger partial charge on any atom is -0.389 e. The summed E-state index contributed by atoms with van der Waals surface area (Å²) in [4.78, 5) is 4.02. The van der Waals surface area contributed by atoms with E-state index in [2.05, 4.69) is 20.9 Å². The average molecular weight is 230 g/mol. The SMILES string of the molecule is Cc1nc(Br)sc1N.Cl. The second kappa shape index (κ2) is 3.39. The standard InChI is InChI=1S/C4H5BrN2S.ClH/c1-2-3(6)8-4(5)7-2;/h6H2,1H3;1H. The van der Waals surface area contributed by atoms with Crippen LogP contribution >= 0.6 is 39.7 Å². The van der Waals surface area contributed by atoms with Crippen LogP contribution in [0.25, 0.3) is 0 Å². The zero-order valence-corrected chi connectivity index (χ0v) is 7.94. The summed E-state index contributed by atoms with van der Waals surface area (Å²) in [5.41, 5.74) is 6.37. The van der Waals surface area contributed by atoms with Gasteiger partial charge < -0.3 is 5.73 Å². The number of rotatable bonds is 0. The molecule has 0 radical (unpaired) electrons. The van der Waals surface area contributed by atoms with Crippen LogP contribution in [0.4, 0.5) is 5.00 Å². The molecule has 0 bridgehead atoms. The lowest BCUT2D eigenvalue weighted by Crippen LogP contribution is -1.80. The van der Waals surface area contributed by atoms with Crippen LogP contribution in [0.15, 0.2) is 3.92 Å². The molecule has 0 amide bonds. The number of anilines is 1. The molecule has 0 saturated carbocycles. The molecule has 0 aliphatic heterocycles. The number of nitrogen functional groups attached to an aromatic ring is 1. The molecule has 0 atom stereocenters. The Bertz CT molecular complexity index is 181. The largest absolute Gasteiger partial charge is 0.389 e. The Hall–Kier alpha value is 0.200. The lowest BCUT2D eigenvalue weighted by Gasteiger charge is -1.78. The third-order valence-electron chi connectivity index (χ3n) is 0.806. The first kappa shape index (κ1) is 9.20. The zero-order valence-electron chi connectivity index (χ0n) is 4.72. The van der Waals surface area contributed by atoms with Crippen molar-refractivity contribution in [2.24, 2.45) is 0 Å². The molecule has 0 aromatic carbocycles. The van der Waals surface area contributed by atoms with Gasteiger partial charge in [0.05, 0.1) is 5.69 Å². The van der Waals surface area contributed by atoms with Gasteiger partial charge in [-0.15, -0.1) is 12.4 Å². The van der Waals surface area contributed by atoms with Crippen LogP contribution in [0, 0.1) is 6.92 Å². The molecule has 9 heavy (non-hydrogen) atoms. The van der Waals surface area contributed by atoms with Crippen molar-refractivity contribution < 1.29 is 0 Å². The third kappa shape index (κ3) is 2.12. The van der Waals surface area contributed by atoms with Gasteiger partial charge in [-0.05, 0) is 22.9 Å². The maximum absolute atomic E-state index is 5.47. The zero-order chi connectivity index (χ0) is 6.15. The first-order chi connectivity index (χ1) is 3.70. The maximum Gasteiger partial charge on any atom is 0.161 e. The van der Waals surface area contributed by atoms with Gasteiger partial charge in [-0.3, -0.25) is 0 Å². The Morgan fingerprint density at radius 1 is 1.67 bits per heavy atom. The number of aryl methyl sites for hydroxylation is 1. The summed E-state index contributed by atoms with van der Waals surface area (Å²) < 4.78 is 0.854. The van der Waals surface area contributed by atoms with E-state index in [9.17, 15) is 0 Å². The van der Waals surface area contributed by atoms with Crippen LogP contribution in [0.2, 0.25) is 0 Å². The van der Waals surface area contributed by atoms with Gasteiger partial charge in [0, 0.05) is 0 Å². The van der Waals surface area contributed by atoms with Crippen molar-refractivity contribution in [3.63, 3.8) is 0 Å². The topological polar surface area (TPSA) is 38.9 Å². The van der Waals surface area contributed by atoms with Crippen molar-refractivity contribution in [1.29, 1.82) is 0 Å². The normalized spacial score (nSPS) is 8.67. The Labute approximate surface area is 72.0 Å². The first-order valence-electron chi connectivity index (χ1n) is 2.08. The molecule has 2 nitrogen and oxygen atoms in total. The van der Waals surface area contributed by atoms with Gasteiger partial charge in [-0.2, -0.15) is 0 Å². The quantitative estimate of drug-likeness (QED) is 0.741. The summed E-state index contributed by atoms with van der Waals surface area (Å²) in [6, 6.07) is 0. The lowest BCUT2D eigenvalue weighted by atomic mass is 10.5. The molecule has 52 valence electrons. The fourth-order valence-corrected chi connectivity index (χ4v) is 1.72. The minimum absolute atomic E-state index is 0. The number of halogens is 2. The van der Waals surface area contributed by atoms with Gasteiger partial charge in [0.25, 0.3) is 0 Å². The molecule has 0 unspecified atom stereocenters. The summed E-state index contributed by atoms with van der Waals surface area (Å²) in [5.74, 6) is 0. The van der Waals surface area contributed by atoms with E-state index < -0.39 is 0 Å². The molecule has 1 aromatic heterocycles. The fraction of sp³-hybridized carbons (Fsp3) is 0.250. The summed E-state index contributed by atoms with van der Waals surface area (Å²) in [6.45, 7) is 1.89. The van der Waals surface area contributed by atoms with E-state index in [1.807, 2.05) is 6.92 Å². The van der Waals surface area contributed by atoms with Gasteiger partial charge >= 0.3 is 0 Å². The van der Waals surface area contributed by atoms with Crippen molar-refractivity contribution in [3.05, 3.63) is 9.61 Å². The molecule has 0 aliphatic carbocycles. The van der Waals surface area contributed by atoms with Crippen molar-refractivity contribution >= 4 is 44.7 Å². The van der Waals surface area contributed by atoms with E-state index in [0.717, 1.165) is 14.6 Å². The van der Waals surface area contributed by atoms with Crippen molar-refractivity contribution in [2.45, 2.75) is 6.92 Å². The monoisotopic (exact) mass is 228 g/mol. The molecule has 5 heteroatoms. The van der Waals surface area contributed by atoms with Crippen molar-refractivity contribution in [2.75, 3.05) is 5.73 Å². The first-order valence-corrected chi connectivity index (χ1v) is 3.69. The summed E-state index contributed by atoms with van der Waals surface area (Å²) in [5, 5.41) is 0.789. The van der Waals surface area contributed by atoms with Gasteiger partial charge in [-0.25, -0.2) is 4.98 Å². The number of hydrogen-bond acceptors (Lipinski definition) is 3. The molecular weight excluding hydrogens is 223 g/mol. The summed E-state index contributed by atoms with van der Waals surface area (Å²) in [6.07, 6.45) is 0. The predicted molar refractivity (Wildman–Crippen MR) is 46.2 cm³/mol. The van der Waals surface area contributed by atoms with Crippen LogP contribution in [-0.2, 0) is 0 Å². The number of thiazole rings is 1. The number of hydrogen-bond donors (Lipinski definition) is 1. The molecule has 1 aromatic rings. The third-order valence-corrected chi connectivity index (χ3v) is 2.24. The van der Waals surface area contributed by atoms with E-state index in [1.165, 1.54) is 11.3 Å². The molecule has 0 aliphatic rings. The molecule has 0 saturated heterocycles. The number of nitrogens with zero attached hydrogens (tertiary/aromatic N) is 1. The molecule has 0 spiro atoms. The van der Waals surface area contributed by atoms with Crippen LogP contribution in [0.3, 0.4) is 0 Å². The van der Waals surface area contributed by atoms with Crippen LogP contribution in [0.1, 0.15) is 5.69 Å². The Morgan fingerprint density at radius 2 is 2.22 bits per heavy atom. The average Bonchev–Trinajstić information content (AvgIpc) is 1.85. The summed E-state index contributed by atoms with van der Waals surface area (Å²) in [7, 11) is 0. The van der Waals surface area contributed by atoms with E-state index in [-0.39, 0.29) is 12.4 Å². The van der Waals surface area contributed by atoms with Crippen LogP contribution < -0.4 is 5.73 Å². The van der Waals surface area contributed by atoms with Crippen molar-refractivity contribution in [1.82, 2.24) is 4.98 Å². The van der Waals surface area contributed by atoms with Gasteiger partial charge in [0.15, 0.2) is 3.92 Å². The minimum atomic E-state index is 0. The Morgan fingerprint density at radius 3 is 2.33 bits per heavy atom. The smallest absolute Gasteiger partial charge is 0.161 e. The fourth-order valence-electron chi connectivity index (χ4n) is 0.374. The number of aromatic nitrogens is 1. The Kier molecular flexibility index (Phi) is 3.46. The van der Waals surface area contributed by atoms with Crippen molar-refractivity contribution in [3.8, 4) is 0 Å². The molecule has 1 heterocycles. The highest BCUT2D eigenvalue weighted by atomic mass is 79.9. The molecular formula is C4H6BrClN2S. The second-order valence-electron chi connectivity index (χ2n) is 1.42. The highest BCUT2D eigenvalue weighted by Gasteiger charge is 1.98. The van der Waals surface area contributed by atoms with Gasteiger partial charge in [-0.1, -0.05) is 11.3 Å². The van der Waals surface area contributed by atoms with Gasteiger partial charge in [0.2, 0.25) is 0 Å². The van der Waals surface area contributed by atoms with E-state index >= 15 is 0 Å². The van der Waals surface area contributed by atoms with E-state index in [1.54, 1.807) is 0 Å². The maximum atomic E-state index is 5.47. The van der Waals surface area contributed by atoms with Crippen LogP contribution in [0.5, 0.6) is 0 Å². The second-order valence-corrected chi connectivity index (χ2v) is 3.72. The van der Waals surface area contributed by atoms with E-state index in [4.69, 9.17) is 5.73 Å². The highest BCUT2D eigenvalue weighted by Crippen LogP contribution is 2.23. The lowest BCUT2D eigenvalue weighted by molar-refractivity contribution is 1.24. The van der Waals surface area contributed by atoms with Crippen LogP contribution in [-0.4, -0.2) is 4.98 Å². The van der Waals surface area contributed by atoms with Gasteiger partial charge in [0.1, 0.15) is 5.00 Å². The molecule has 2 N–H and O–H groups in total.